The molecule has 0 fully saturated rings. The lowest BCUT2D eigenvalue weighted by Gasteiger charge is -2.33. The fourth-order valence-corrected chi connectivity index (χ4v) is 10.0. The van der Waals surface area contributed by atoms with Crippen molar-refractivity contribution in [2.24, 2.45) is 5.41 Å². The highest BCUT2D eigenvalue weighted by Crippen LogP contribution is 2.22. The van der Waals surface area contributed by atoms with E-state index in [1.165, 1.54) is 47.0 Å². The molecule has 4 unspecified atom stereocenters. The number of hydrogen-bond acceptors (Lipinski definition) is 34. The van der Waals surface area contributed by atoms with Gasteiger partial charge in [0, 0.05) is 46.0 Å². The SMILES string of the molecule is OCC(O)CSCCOCCOCCOCCOCCOCCOCCOCCOCCOCCOCC(COCCOCCOCCOCCOCCOCCOCCOCCOCCOCCSCC(O)CO)(COCCSCC(O)CO)COCCSCC(O)CO. The van der Waals surface area contributed by atoms with Gasteiger partial charge in [0.05, 0.1) is 347 Å². The van der Waals surface area contributed by atoms with Crippen molar-refractivity contribution in [2.75, 3.05) is 363 Å². The summed E-state index contributed by atoms with van der Waals surface area (Å²) in [5.41, 5.74) is -0.702. The summed E-state index contributed by atoms with van der Waals surface area (Å²) >= 11 is 6.02. The molecule has 4 atom stereocenters. The molecule has 0 aliphatic carbocycles. The smallest absolute Gasteiger partial charge is 0.0861 e. The van der Waals surface area contributed by atoms with Gasteiger partial charge in [-0.25, -0.2) is 0 Å². The molecule has 0 saturated carbocycles. The average molecular weight is 1470 g/mol. The van der Waals surface area contributed by atoms with Crippen LogP contribution < -0.4 is 0 Å². The van der Waals surface area contributed by atoms with E-state index in [1.807, 2.05) is 0 Å². The highest BCUT2D eigenvalue weighted by Gasteiger charge is 2.33. The van der Waals surface area contributed by atoms with E-state index in [0.717, 1.165) is 11.5 Å². The van der Waals surface area contributed by atoms with Gasteiger partial charge in [-0.05, 0) is 0 Å². The highest BCUT2D eigenvalue weighted by molar-refractivity contribution is 7.99. The standard InChI is InChI=1S/C61H124O30S4/c62-45-57(66)49-92-41-37-86-31-29-82-23-21-78-15-13-74-7-5-70-1-3-72-9-11-76-17-19-80-25-27-84-33-35-88-53-61(55-90-39-43-94-51-59(68)47-64,56-91-40-44-95-52-60(69)48-65)54-89-36-34-85-28-26-81-20-18-77-12-10-73-4-2-71-6-8-75-14-16-79-22-24-83-30-32-87-38-42-93-50-58(67)46-63/h57-60,62-69H,1-56H2. The molecule has 0 aromatic carbocycles. The second kappa shape index (κ2) is 81.5. The number of thioether (sulfide) groups is 4. The molecule has 0 aromatic heterocycles. The van der Waals surface area contributed by atoms with E-state index in [-0.39, 0.29) is 52.9 Å². The second-order valence-corrected chi connectivity index (χ2v) is 25.0. The zero-order chi connectivity index (χ0) is 68.8. The zero-order valence-corrected chi connectivity index (χ0v) is 59.9. The quantitative estimate of drug-likeness (QED) is 0.0328. The summed E-state index contributed by atoms with van der Waals surface area (Å²) in [6.07, 6.45) is -2.96. The summed E-state index contributed by atoms with van der Waals surface area (Å²) in [4.78, 5) is 0. The van der Waals surface area contributed by atoms with Crippen LogP contribution in [0.5, 0.6) is 0 Å². The lowest BCUT2D eigenvalue weighted by Crippen LogP contribution is -2.42. The van der Waals surface area contributed by atoms with Crippen molar-refractivity contribution < 1.29 is 145 Å². The molecular weight excluding hydrogens is 1340 g/mol. The Balaban J connectivity index is 4.20. The number of aliphatic hydroxyl groups excluding tert-OH is 8. The molecule has 0 aliphatic rings. The first-order chi connectivity index (χ1) is 46.8. The molecule has 572 valence electrons. The van der Waals surface area contributed by atoms with Gasteiger partial charge in [0.2, 0.25) is 0 Å². The molecule has 0 aliphatic heterocycles. The van der Waals surface area contributed by atoms with E-state index in [4.69, 9.17) is 114 Å². The Bertz CT molecular complexity index is 1330. The lowest BCUT2D eigenvalue weighted by atomic mass is 9.92. The maximum atomic E-state index is 9.75. The van der Waals surface area contributed by atoms with E-state index in [0.29, 0.717) is 299 Å². The fraction of sp³-hybridized carbons (Fsp3) is 1.00. The van der Waals surface area contributed by atoms with Crippen molar-refractivity contribution in [1.82, 2.24) is 0 Å². The van der Waals surface area contributed by atoms with Gasteiger partial charge < -0.3 is 145 Å². The van der Waals surface area contributed by atoms with Crippen LogP contribution in [-0.4, -0.2) is 428 Å². The third-order valence-corrected chi connectivity index (χ3v) is 16.2. The lowest BCUT2D eigenvalue weighted by molar-refractivity contribution is -0.113. The van der Waals surface area contributed by atoms with Crippen LogP contribution in [0.3, 0.4) is 0 Å². The van der Waals surface area contributed by atoms with Crippen LogP contribution in [-0.2, 0) is 104 Å². The molecule has 8 N–H and O–H groups in total. The van der Waals surface area contributed by atoms with Crippen molar-refractivity contribution in [2.45, 2.75) is 24.4 Å². The van der Waals surface area contributed by atoms with Gasteiger partial charge >= 0.3 is 0 Å². The molecular formula is C61H124O30S4. The second-order valence-electron chi connectivity index (χ2n) is 20.4. The van der Waals surface area contributed by atoms with Gasteiger partial charge in [-0.15, -0.1) is 0 Å². The Morgan fingerprint density at radius 3 is 0.442 bits per heavy atom. The van der Waals surface area contributed by atoms with Gasteiger partial charge in [-0.2, -0.15) is 47.0 Å². The Hall–Kier alpha value is 0.200. The average Bonchev–Trinajstić information content (AvgIpc) is 3.79. The van der Waals surface area contributed by atoms with Crippen LogP contribution in [0.1, 0.15) is 0 Å². The molecule has 0 heterocycles. The number of aliphatic hydroxyl groups is 8. The predicted molar refractivity (Wildman–Crippen MR) is 362 cm³/mol. The van der Waals surface area contributed by atoms with Crippen molar-refractivity contribution >= 4 is 47.0 Å². The normalized spacial score (nSPS) is 13.9. The first-order valence-corrected chi connectivity index (χ1v) is 37.6. The van der Waals surface area contributed by atoms with Crippen LogP contribution >= 0.6 is 47.0 Å². The third-order valence-electron chi connectivity index (χ3n) is 11.9. The summed E-state index contributed by atoms with van der Waals surface area (Å²) in [6.45, 7) is 17.3. The largest absolute Gasteiger partial charge is 0.394 e. The van der Waals surface area contributed by atoms with E-state index in [2.05, 4.69) is 0 Å². The molecule has 0 bridgehead atoms. The molecule has 0 aromatic rings. The van der Waals surface area contributed by atoms with Crippen molar-refractivity contribution in [3.8, 4) is 0 Å². The highest BCUT2D eigenvalue weighted by atomic mass is 32.2. The molecule has 0 saturated heterocycles. The van der Waals surface area contributed by atoms with E-state index in [1.54, 1.807) is 0 Å². The van der Waals surface area contributed by atoms with Gasteiger partial charge in [0.25, 0.3) is 0 Å². The Labute approximate surface area is 582 Å². The molecule has 34 heteroatoms. The van der Waals surface area contributed by atoms with Crippen LogP contribution in [0.15, 0.2) is 0 Å². The van der Waals surface area contributed by atoms with Crippen molar-refractivity contribution in [3.05, 3.63) is 0 Å². The first-order valence-electron chi connectivity index (χ1n) is 33.0. The van der Waals surface area contributed by atoms with Gasteiger partial charge in [-0.3, -0.25) is 0 Å². The first kappa shape index (κ1) is 95.2. The van der Waals surface area contributed by atoms with Crippen molar-refractivity contribution in [1.29, 1.82) is 0 Å². The van der Waals surface area contributed by atoms with Gasteiger partial charge in [0.1, 0.15) is 0 Å². The molecule has 95 heavy (non-hydrogen) atoms. The van der Waals surface area contributed by atoms with Crippen LogP contribution in [0.4, 0.5) is 0 Å². The Kier molecular flexibility index (Phi) is 81.7. The summed E-state index contributed by atoms with van der Waals surface area (Å²) in [6, 6.07) is 0. The van der Waals surface area contributed by atoms with Gasteiger partial charge in [-0.1, -0.05) is 0 Å². The number of rotatable bonds is 86. The monoisotopic (exact) mass is 1460 g/mol. The minimum Gasteiger partial charge on any atom is -0.394 e. The van der Waals surface area contributed by atoms with Gasteiger partial charge in [0.15, 0.2) is 0 Å². The summed E-state index contributed by atoms with van der Waals surface area (Å²) in [5.74, 6) is 4.48. The fourth-order valence-electron chi connectivity index (χ4n) is 6.92. The molecule has 0 amide bonds. The van der Waals surface area contributed by atoms with E-state index < -0.39 is 29.8 Å². The number of hydrogen-bond donors (Lipinski definition) is 8. The van der Waals surface area contributed by atoms with Crippen LogP contribution in [0, 0.1) is 5.41 Å². The summed E-state index contributed by atoms with van der Waals surface area (Å²) in [5, 5.41) is 74.0. The third kappa shape index (κ3) is 76.7. The van der Waals surface area contributed by atoms with Crippen LogP contribution in [0.25, 0.3) is 0 Å². The van der Waals surface area contributed by atoms with E-state index >= 15 is 0 Å². The molecule has 30 nitrogen and oxygen atoms in total. The predicted octanol–water partition coefficient (Wildman–Crippen LogP) is -1.32. The number of ether oxygens (including phenoxy) is 22. The summed E-state index contributed by atoms with van der Waals surface area (Å²) in [7, 11) is 0. The topological polar surface area (TPSA) is 365 Å². The van der Waals surface area contributed by atoms with Crippen LogP contribution in [0.2, 0.25) is 0 Å². The maximum absolute atomic E-state index is 9.75. The summed E-state index contributed by atoms with van der Waals surface area (Å²) < 4.78 is 125. The van der Waals surface area contributed by atoms with Crippen molar-refractivity contribution in [3.63, 3.8) is 0 Å². The molecule has 0 radical (unpaired) electrons. The Morgan fingerprint density at radius 2 is 0.295 bits per heavy atom. The minimum atomic E-state index is -0.797. The molecule has 0 spiro atoms. The molecule has 0 rings (SSSR count). The minimum absolute atomic E-state index is 0.226. The maximum Gasteiger partial charge on any atom is 0.0861 e. The Morgan fingerprint density at radius 1 is 0.179 bits per heavy atom. The zero-order valence-electron chi connectivity index (χ0n) is 56.6. The van der Waals surface area contributed by atoms with E-state index in [9.17, 15) is 30.6 Å².